The number of nitrogens with zero attached hydrogens (tertiary/aromatic N) is 4. The third-order valence-electron chi connectivity index (χ3n) is 5.21. The Balaban J connectivity index is 1.48. The van der Waals surface area contributed by atoms with Crippen LogP contribution in [0.2, 0.25) is 0 Å². The van der Waals surface area contributed by atoms with Gasteiger partial charge in [0.2, 0.25) is 5.76 Å². The molecule has 2 aliphatic rings. The van der Waals surface area contributed by atoms with E-state index in [-0.39, 0.29) is 49.9 Å². The summed E-state index contributed by atoms with van der Waals surface area (Å²) in [5.74, 6) is -3.31. The zero-order valence-electron chi connectivity index (χ0n) is 17.1. The maximum absolute atomic E-state index is 14.9. The van der Waals surface area contributed by atoms with Gasteiger partial charge in [-0.15, -0.1) is 0 Å². The highest BCUT2D eigenvalue weighted by atomic mass is 19.1. The Morgan fingerprint density at radius 1 is 1.24 bits per heavy atom. The number of ether oxygens (including phenoxy) is 1. The molecule has 2 aliphatic heterocycles. The number of carbonyl (C=O) groups excluding carboxylic acids is 2. The number of nitrogens with one attached hydrogen (secondary N) is 1. The number of benzene rings is 1. The van der Waals surface area contributed by atoms with Crippen LogP contribution in [0, 0.1) is 21.7 Å². The predicted molar refractivity (Wildman–Crippen MR) is 108 cm³/mol. The van der Waals surface area contributed by atoms with E-state index in [9.17, 15) is 28.5 Å². The van der Waals surface area contributed by atoms with Gasteiger partial charge in [-0.1, -0.05) is 0 Å². The van der Waals surface area contributed by atoms with Crippen molar-refractivity contribution in [1.82, 2.24) is 10.4 Å². The lowest BCUT2D eigenvalue weighted by molar-refractivity contribution is -0.402. The first kappa shape index (κ1) is 22.4. The standard InChI is InChI=1S/C19H19F2N5O7/c20-13-7-11(24-9-12(10-27)32-19(24)29)8-14(21)17(13)23-4-3-22-25(6-5-23)18(28)15-1-2-16(33-15)26(30)31/h1-2,7-8,12,22,27H,3-6,9-10H2/t12-/m1/s1. The second-order valence-corrected chi connectivity index (χ2v) is 7.30. The van der Waals surface area contributed by atoms with E-state index in [4.69, 9.17) is 14.3 Å². The van der Waals surface area contributed by atoms with E-state index in [1.54, 1.807) is 0 Å². The van der Waals surface area contributed by atoms with Gasteiger partial charge in [-0.25, -0.2) is 19.0 Å². The first-order valence-corrected chi connectivity index (χ1v) is 9.91. The summed E-state index contributed by atoms with van der Waals surface area (Å²) in [7, 11) is 0. The number of amides is 2. The van der Waals surface area contributed by atoms with Gasteiger partial charge in [-0.3, -0.25) is 24.8 Å². The van der Waals surface area contributed by atoms with Crippen molar-refractivity contribution in [2.75, 3.05) is 49.1 Å². The normalized spacial score (nSPS) is 18.9. The number of hydrogen-bond acceptors (Lipinski definition) is 9. The Morgan fingerprint density at radius 3 is 2.58 bits per heavy atom. The van der Waals surface area contributed by atoms with Crippen LogP contribution in [0.3, 0.4) is 0 Å². The van der Waals surface area contributed by atoms with E-state index < -0.39 is 47.2 Å². The lowest BCUT2D eigenvalue weighted by Gasteiger charge is -2.25. The van der Waals surface area contributed by atoms with Crippen molar-refractivity contribution in [3.8, 4) is 0 Å². The maximum atomic E-state index is 14.9. The molecular weight excluding hydrogens is 448 g/mol. The minimum Gasteiger partial charge on any atom is -0.441 e. The van der Waals surface area contributed by atoms with Crippen LogP contribution >= 0.6 is 0 Å². The van der Waals surface area contributed by atoms with E-state index in [1.807, 2.05) is 0 Å². The van der Waals surface area contributed by atoms with E-state index in [0.717, 1.165) is 28.1 Å². The molecule has 2 fully saturated rings. The molecule has 2 amide bonds. The molecule has 0 spiro atoms. The molecule has 3 heterocycles. The van der Waals surface area contributed by atoms with E-state index in [0.29, 0.717) is 0 Å². The minimum atomic E-state index is -0.910. The monoisotopic (exact) mass is 467 g/mol. The number of furan rings is 1. The summed E-state index contributed by atoms with van der Waals surface area (Å²) in [6, 6.07) is 4.24. The molecule has 4 rings (SSSR count). The molecule has 33 heavy (non-hydrogen) atoms. The van der Waals surface area contributed by atoms with Crippen LogP contribution in [-0.2, 0) is 4.74 Å². The van der Waals surface area contributed by atoms with Gasteiger partial charge >= 0.3 is 17.9 Å². The van der Waals surface area contributed by atoms with Crippen molar-refractivity contribution in [2.45, 2.75) is 6.10 Å². The summed E-state index contributed by atoms with van der Waals surface area (Å²) in [6.45, 7) is -0.104. The molecule has 0 aliphatic carbocycles. The average molecular weight is 467 g/mol. The van der Waals surface area contributed by atoms with Gasteiger partial charge in [-0.2, -0.15) is 0 Å². The number of halogens is 2. The summed E-state index contributed by atoms with van der Waals surface area (Å²) in [5.41, 5.74) is 2.44. The number of nitro groups is 1. The van der Waals surface area contributed by atoms with Crippen molar-refractivity contribution in [3.63, 3.8) is 0 Å². The molecule has 0 radical (unpaired) electrons. The Hall–Kier alpha value is -3.78. The van der Waals surface area contributed by atoms with Gasteiger partial charge in [0, 0.05) is 31.8 Å². The zero-order valence-corrected chi connectivity index (χ0v) is 17.1. The molecule has 176 valence electrons. The van der Waals surface area contributed by atoms with Crippen molar-refractivity contribution in [3.05, 3.63) is 51.8 Å². The molecule has 1 aromatic carbocycles. The van der Waals surface area contributed by atoms with Gasteiger partial charge in [0.15, 0.2) is 11.6 Å². The number of anilines is 2. The third-order valence-corrected chi connectivity index (χ3v) is 5.21. The summed E-state index contributed by atoms with van der Waals surface area (Å²) >= 11 is 0. The number of rotatable bonds is 5. The quantitative estimate of drug-likeness (QED) is 0.491. The summed E-state index contributed by atoms with van der Waals surface area (Å²) in [5, 5.41) is 21.0. The molecule has 0 unspecified atom stereocenters. The van der Waals surface area contributed by atoms with Crippen molar-refractivity contribution in [2.24, 2.45) is 0 Å². The zero-order chi connectivity index (χ0) is 23.7. The Kier molecular flexibility index (Phi) is 6.11. The van der Waals surface area contributed by atoms with Crippen LogP contribution in [0.25, 0.3) is 0 Å². The molecule has 1 aromatic heterocycles. The van der Waals surface area contributed by atoms with Gasteiger partial charge < -0.3 is 19.2 Å². The second kappa shape index (κ2) is 8.99. The molecule has 1 atom stereocenters. The number of hydrogen-bond donors (Lipinski definition) is 2. The SMILES string of the molecule is O=C(c1ccc([N+](=O)[O-])o1)N1CCN(c2c(F)cc(N3C[C@H](CO)OC3=O)cc2F)CCN1. The van der Waals surface area contributed by atoms with Gasteiger partial charge in [0.05, 0.1) is 31.5 Å². The van der Waals surface area contributed by atoms with Crippen molar-refractivity contribution >= 4 is 29.3 Å². The largest absolute Gasteiger partial charge is 0.441 e. The predicted octanol–water partition coefficient (Wildman–Crippen LogP) is 1.25. The fourth-order valence-corrected chi connectivity index (χ4v) is 3.64. The van der Waals surface area contributed by atoms with Crippen LogP contribution in [0.4, 0.5) is 30.8 Å². The number of cyclic esters (lactones) is 1. The Labute approximate surface area is 185 Å². The van der Waals surface area contributed by atoms with E-state index >= 15 is 0 Å². The first-order valence-electron chi connectivity index (χ1n) is 9.91. The maximum Gasteiger partial charge on any atom is 0.433 e. The third kappa shape index (κ3) is 4.42. The summed E-state index contributed by atoms with van der Waals surface area (Å²) < 4.78 is 39.6. The topological polar surface area (TPSA) is 142 Å². The molecule has 12 nitrogen and oxygen atoms in total. The minimum absolute atomic E-state index is 0.00456. The van der Waals surface area contributed by atoms with Crippen LogP contribution in [0.1, 0.15) is 10.6 Å². The molecule has 2 N–H and O–H groups in total. The Morgan fingerprint density at radius 2 is 1.97 bits per heavy atom. The average Bonchev–Trinajstić information content (AvgIpc) is 3.34. The molecule has 2 saturated heterocycles. The van der Waals surface area contributed by atoms with Gasteiger partial charge in [-0.05, 0) is 6.07 Å². The number of hydrazine groups is 1. The van der Waals surface area contributed by atoms with Gasteiger partial charge in [0.1, 0.15) is 16.7 Å². The van der Waals surface area contributed by atoms with E-state index in [1.165, 1.54) is 11.0 Å². The fourth-order valence-electron chi connectivity index (χ4n) is 3.64. The van der Waals surface area contributed by atoms with Crippen molar-refractivity contribution in [1.29, 1.82) is 0 Å². The molecule has 2 aromatic rings. The highest BCUT2D eigenvalue weighted by molar-refractivity contribution is 5.91. The molecule has 14 heteroatoms. The van der Waals surface area contributed by atoms with Crippen LogP contribution < -0.4 is 15.2 Å². The molecule has 0 saturated carbocycles. The number of carbonyl (C=O) groups is 2. The molecular formula is C19H19F2N5O7. The first-order chi connectivity index (χ1) is 15.8. The highest BCUT2D eigenvalue weighted by Crippen LogP contribution is 2.31. The number of aliphatic hydroxyl groups is 1. The van der Waals surface area contributed by atoms with E-state index in [2.05, 4.69) is 5.43 Å². The Bertz CT molecular complexity index is 1070. The van der Waals surface area contributed by atoms with Crippen molar-refractivity contribution < 1.29 is 37.6 Å². The van der Waals surface area contributed by atoms with Crippen LogP contribution in [0.5, 0.6) is 0 Å². The van der Waals surface area contributed by atoms with Gasteiger partial charge in [0.25, 0.3) is 0 Å². The number of aliphatic hydroxyl groups excluding tert-OH is 1. The lowest BCUT2D eigenvalue weighted by atomic mass is 10.2. The smallest absolute Gasteiger partial charge is 0.433 e. The summed E-state index contributed by atoms with van der Waals surface area (Å²) in [4.78, 5) is 36.9. The molecule has 0 bridgehead atoms. The summed E-state index contributed by atoms with van der Waals surface area (Å²) in [6.07, 6.45) is -1.59. The fraction of sp³-hybridized carbons (Fsp3) is 0.368. The van der Waals surface area contributed by atoms with Crippen LogP contribution in [-0.4, -0.2) is 72.5 Å². The van der Waals surface area contributed by atoms with Crippen LogP contribution in [0.15, 0.2) is 28.7 Å². The second-order valence-electron chi connectivity index (χ2n) is 7.30. The lowest BCUT2D eigenvalue weighted by Crippen LogP contribution is -2.43. The highest BCUT2D eigenvalue weighted by Gasteiger charge is 2.33.